The Balaban J connectivity index is 1.86. The number of nitrogens with zero attached hydrogens (tertiary/aromatic N) is 3. The molecular weight excluding hydrogens is 357 g/mol. The quantitative estimate of drug-likeness (QED) is 0.708. The van der Waals surface area contributed by atoms with Gasteiger partial charge in [-0.3, -0.25) is 0 Å². The van der Waals surface area contributed by atoms with Gasteiger partial charge in [0.05, 0.1) is 10.4 Å². The molecule has 1 aromatic carbocycles. The Labute approximate surface area is 151 Å². The first-order valence-corrected chi connectivity index (χ1v) is 9.54. The molecule has 0 aliphatic rings. The molecule has 0 fully saturated rings. The molecular formula is C17H20FN5O2S. The SMILES string of the molecule is Cc1nc(N)c2nc(C)n(CCNS(=O)(=O)c3cccc(F)c3)c2c1C. The number of nitrogens with one attached hydrogen (secondary N) is 1. The molecule has 2 heterocycles. The maximum atomic E-state index is 13.3. The number of imidazole rings is 1. The topological polar surface area (TPSA) is 103 Å². The van der Waals surface area contributed by atoms with E-state index < -0.39 is 15.8 Å². The van der Waals surface area contributed by atoms with Gasteiger partial charge in [0.1, 0.15) is 17.2 Å². The summed E-state index contributed by atoms with van der Waals surface area (Å²) in [6.07, 6.45) is 0. The van der Waals surface area contributed by atoms with Crippen molar-refractivity contribution in [3.63, 3.8) is 0 Å². The van der Waals surface area contributed by atoms with E-state index in [2.05, 4.69) is 14.7 Å². The number of nitrogens with two attached hydrogens (primary N) is 1. The van der Waals surface area contributed by atoms with E-state index in [-0.39, 0.29) is 11.4 Å². The molecule has 0 amide bonds. The van der Waals surface area contributed by atoms with E-state index >= 15 is 0 Å². The smallest absolute Gasteiger partial charge is 0.240 e. The van der Waals surface area contributed by atoms with Crippen LogP contribution in [0.1, 0.15) is 17.1 Å². The number of hydrogen-bond acceptors (Lipinski definition) is 5. The van der Waals surface area contributed by atoms with Crippen LogP contribution >= 0.6 is 0 Å². The Kier molecular flexibility index (Phi) is 4.68. The van der Waals surface area contributed by atoms with Gasteiger partial charge in [-0.1, -0.05) is 6.07 Å². The van der Waals surface area contributed by atoms with Crippen molar-refractivity contribution in [1.29, 1.82) is 0 Å². The van der Waals surface area contributed by atoms with Gasteiger partial charge in [0, 0.05) is 18.8 Å². The van der Waals surface area contributed by atoms with Crippen LogP contribution in [0.5, 0.6) is 0 Å². The summed E-state index contributed by atoms with van der Waals surface area (Å²) >= 11 is 0. The lowest BCUT2D eigenvalue weighted by Gasteiger charge is -2.11. The normalized spacial score (nSPS) is 12.0. The minimum absolute atomic E-state index is 0.106. The van der Waals surface area contributed by atoms with Crippen LogP contribution in [0.3, 0.4) is 0 Å². The number of aromatic nitrogens is 3. The number of pyridine rings is 1. The zero-order valence-electron chi connectivity index (χ0n) is 14.7. The lowest BCUT2D eigenvalue weighted by molar-refractivity contribution is 0.569. The lowest BCUT2D eigenvalue weighted by Crippen LogP contribution is -2.27. The third-order valence-corrected chi connectivity index (χ3v) is 5.78. The number of rotatable bonds is 5. The Morgan fingerprint density at radius 2 is 1.96 bits per heavy atom. The van der Waals surface area contributed by atoms with Crippen LogP contribution in [0.4, 0.5) is 10.2 Å². The predicted octanol–water partition coefficient (Wildman–Crippen LogP) is 2.06. The monoisotopic (exact) mass is 377 g/mol. The molecule has 0 radical (unpaired) electrons. The number of sulfonamides is 1. The molecule has 3 N–H and O–H groups in total. The third-order valence-electron chi connectivity index (χ3n) is 4.32. The molecule has 0 saturated heterocycles. The van der Waals surface area contributed by atoms with Gasteiger partial charge in [-0.25, -0.2) is 27.5 Å². The minimum atomic E-state index is -3.79. The van der Waals surface area contributed by atoms with Gasteiger partial charge in [0.15, 0.2) is 5.82 Å². The fourth-order valence-electron chi connectivity index (χ4n) is 2.90. The summed E-state index contributed by atoms with van der Waals surface area (Å²) in [4.78, 5) is 8.62. The molecule has 3 aromatic rings. The molecule has 0 aliphatic carbocycles. The average molecular weight is 377 g/mol. The van der Waals surface area contributed by atoms with Crippen LogP contribution in [0, 0.1) is 26.6 Å². The van der Waals surface area contributed by atoms with E-state index in [4.69, 9.17) is 5.73 Å². The van der Waals surface area contributed by atoms with Crippen molar-refractivity contribution in [1.82, 2.24) is 19.3 Å². The predicted molar refractivity (Wildman–Crippen MR) is 97.7 cm³/mol. The highest BCUT2D eigenvalue weighted by Gasteiger charge is 2.17. The third kappa shape index (κ3) is 3.27. The summed E-state index contributed by atoms with van der Waals surface area (Å²) in [5.41, 5.74) is 9.17. The average Bonchev–Trinajstić information content (AvgIpc) is 2.90. The molecule has 0 saturated carbocycles. The van der Waals surface area contributed by atoms with Crippen LogP contribution in [0.25, 0.3) is 11.0 Å². The number of aryl methyl sites for hydroxylation is 3. The zero-order chi connectivity index (χ0) is 19.1. The first-order valence-electron chi connectivity index (χ1n) is 8.05. The van der Waals surface area contributed by atoms with Crippen molar-refractivity contribution in [2.24, 2.45) is 0 Å². The largest absolute Gasteiger partial charge is 0.382 e. The van der Waals surface area contributed by atoms with E-state index in [9.17, 15) is 12.8 Å². The second-order valence-electron chi connectivity index (χ2n) is 6.07. The molecule has 0 bridgehead atoms. The van der Waals surface area contributed by atoms with Crippen molar-refractivity contribution in [2.75, 3.05) is 12.3 Å². The molecule has 0 atom stereocenters. The number of halogens is 1. The van der Waals surface area contributed by atoms with Gasteiger partial charge in [0.2, 0.25) is 10.0 Å². The summed E-state index contributed by atoms with van der Waals surface area (Å²) in [5.74, 6) is 0.468. The second-order valence-corrected chi connectivity index (χ2v) is 7.84. The molecule has 26 heavy (non-hydrogen) atoms. The standard InChI is InChI=1S/C17H20FN5O2S/c1-10-11(2)21-17(19)15-16(10)23(12(3)22-15)8-7-20-26(24,25)14-6-4-5-13(18)9-14/h4-6,9,20H,7-8H2,1-3H3,(H2,19,21). The van der Waals surface area contributed by atoms with Crippen LogP contribution in [0.15, 0.2) is 29.2 Å². The molecule has 138 valence electrons. The number of anilines is 1. The molecule has 3 rings (SSSR count). The maximum absolute atomic E-state index is 13.3. The van der Waals surface area contributed by atoms with Gasteiger partial charge in [-0.05, 0) is 44.5 Å². The van der Waals surface area contributed by atoms with Crippen LogP contribution < -0.4 is 10.5 Å². The maximum Gasteiger partial charge on any atom is 0.240 e. The van der Waals surface area contributed by atoms with Gasteiger partial charge in [-0.2, -0.15) is 0 Å². The summed E-state index contributed by atoms with van der Waals surface area (Å²) in [6, 6.07) is 4.89. The lowest BCUT2D eigenvalue weighted by atomic mass is 10.2. The first-order chi connectivity index (χ1) is 12.2. The fourth-order valence-corrected chi connectivity index (χ4v) is 3.95. The van der Waals surface area contributed by atoms with E-state index in [0.29, 0.717) is 23.7 Å². The van der Waals surface area contributed by atoms with Crippen molar-refractivity contribution >= 4 is 26.9 Å². The van der Waals surface area contributed by atoms with Gasteiger partial charge in [0.25, 0.3) is 0 Å². The second kappa shape index (κ2) is 6.65. The van der Waals surface area contributed by atoms with Crippen LogP contribution in [-0.2, 0) is 16.6 Å². The highest BCUT2D eigenvalue weighted by molar-refractivity contribution is 7.89. The molecule has 0 unspecified atom stereocenters. The highest BCUT2D eigenvalue weighted by Crippen LogP contribution is 2.25. The van der Waals surface area contributed by atoms with Crippen LogP contribution in [-0.4, -0.2) is 29.5 Å². The molecule has 7 nitrogen and oxygen atoms in total. The summed E-state index contributed by atoms with van der Waals surface area (Å²) in [6.45, 7) is 6.12. The van der Waals surface area contributed by atoms with E-state index in [1.54, 1.807) is 0 Å². The Hall–Kier alpha value is -2.52. The highest BCUT2D eigenvalue weighted by atomic mass is 32.2. The minimum Gasteiger partial charge on any atom is -0.382 e. The fraction of sp³-hybridized carbons (Fsp3) is 0.294. The Morgan fingerprint density at radius 1 is 1.23 bits per heavy atom. The molecule has 0 aliphatic heterocycles. The van der Waals surface area contributed by atoms with Gasteiger partial charge < -0.3 is 10.3 Å². The number of hydrogen-bond donors (Lipinski definition) is 2. The van der Waals surface area contributed by atoms with Gasteiger partial charge in [-0.15, -0.1) is 0 Å². The molecule has 2 aromatic heterocycles. The Bertz CT molecular complexity index is 1090. The van der Waals surface area contributed by atoms with Crippen molar-refractivity contribution in [2.45, 2.75) is 32.2 Å². The molecule has 9 heteroatoms. The van der Waals surface area contributed by atoms with Crippen molar-refractivity contribution < 1.29 is 12.8 Å². The number of benzene rings is 1. The first kappa shape index (κ1) is 18.3. The van der Waals surface area contributed by atoms with Crippen LogP contribution in [0.2, 0.25) is 0 Å². The summed E-state index contributed by atoms with van der Waals surface area (Å²) in [7, 11) is -3.79. The van der Waals surface area contributed by atoms with E-state index in [1.165, 1.54) is 18.2 Å². The van der Waals surface area contributed by atoms with Gasteiger partial charge >= 0.3 is 0 Å². The number of nitrogen functional groups attached to an aromatic ring is 1. The van der Waals surface area contributed by atoms with E-state index in [1.807, 2.05) is 25.3 Å². The molecule has 0 spiro atoms. The van der Waals surface area contributed by atoms with E-state index in [0.717, 1.165) is 22.8 Å². The zero-order valence-corrected chi connectivity index (χ0v) is 15.6. The van der Waals surface area contributed by atoms with Crippen molar-refractivity contribution in [3.8, 4) is 0 Å². The van der Waals surface area contributed by atoms with Crippen molar-refractivity contribution in [3.05, 3.63) is 47.2 Å². The Morgan fingerprint density at radius 3 is 2.65 bits per heavy atom. The summed E-state index contributed by atoms with van der Waals surface area (Å²) < 4.78 is 42.3. The number of fused-ring (bicyclic) bond motifs is 1. The summed E-state index contributed by atoms with van der Waals surface area (Å²) in [5, 5.41) is 0.